The van der Waals surface area contributed by atoms with Crippen LogP contribution in [0.5, 0.6) is 0 Å². The Hall–Kier alpha value is -1.84. The Labute approximate surface area is 108 Å². The lowest BCUT2D eigenvalue weighted by Crippen LogP contribution is -2.49. The molecule has 0 heterocycles. The molecule has 1 aromatic rings. The molecule has 0 radical (unpaired) electrons. The van der Waals surface area contributed by atoms with Gasteiger partial charge in [-0.15, -0.1) is 0 Å². The maximum atomic E-state index is 12.1. The lowest BCUT2D eigenvalue weighted by molar-refractivity contribution is -0.138. The molecule has 2 amide bonds. The molecule has 0 spiro atoms. The molecule has 98 valence electrons. The second kappa shape index (κ2) is 5.67. The predicted molar refractivity (Wildman–Crippen MR) is 72.4 cm³/mol. The van der Waals surface area contributed by atoms with Crippen LogP contribution in [-0.2, 0) is 9.59 Å². The summed E-state index contributed by atoms with van der Waals surface area (Å²) in [5.41, 5.74) is 0.317. The van der Waals surface area contributed by atoms with Crippen LogP contribution in [0.15, 0.2) is 30.3 Å². The Balaban J connectivity index is 2.84. The number of nitrogens with zero attached hydrogens (tertiary/aromatic N) is 1. The molecule has 1 rings (SSSR count). The number of carbonyl (C=O) groups excluding carboxylic acids is 2. The Kier molecular flexibility index (Phi) is 4.48. The highest BCUT2D eigenvalue weighted by Gasteiger charge is 2.25. The van der Waals surface area contributed by atoms with Crippen molar-refractivity contribution in [2.75, 3.05) is 11.4 Å². The van der Waals surface area contributed by atoms with Crippen molar-refractivity contribution < 1.29 is 9.59 Å². The van der Waals surface area contributed by atoms with Crippen molar-refractivity contribution in [2.24, 2.45) is 0 Å². The van der Waals surface area contributed by atoms with E-state index in [9.17, 15) is 9.59 Å². The normalized spacial score (nSPS) is 10.9. The Morgan fingerprint density at radius 3 is 2.17 bits per heavy atom. The van der Waals surface area contributed by atoms with E-state index in [0.29, 0.717) is 6.54 Å². The molecule has 0 aliphatic heterocycles. The van der Waals surface area contributed by atoms with Crippen LogP contribution in [-0.4, -0.2) is 23.9 Å². The fourth-order valence-corrected chi connectivity index (χ4v) is 1.57. The summed E-state index contributed by atoms with van der Waals surface area (Å²) >= 11 is 0. The third-order valence-electron chi connectivity index (χ3n) is 2.31. The van der Waals surface area contributed by atoms with Crippen molar-refractivity contribution in [3.63, 3.8) is 0 Å². The van der Waals surface area contributed by atoms with Gasteiger partial charge in [-0.05, 0) is 39.8 Å². The number of amides is 2. The third kappa shape index (κ3) is 3.87. The summed E-state index contributed by atoms with van der Waals surface area (Å²) in [6, 6.07) is 9.18. The summed E-state index contributed by atoms with van der Waals surface area (Å²) in [6.07, 6.45) is 0. The SMILES string of the molecule is CCN(C(=O)C(=O)NC(C)(C)C)c1ccccc1. The quantitative estimate of drug-likeness (QED) is 0.813. The average molecular weight is 248 g/mol. The van der Waals surface area contributed by atoms with E-state index in [1.807, 2.05) is 58.0 Å². The van der Waals surface area contributed by atoms with Crippen LogP contribution in [0.3, 0.4) is 0 Å². The van der Waals surface area contributed by atoms with E-state index < -0.39 is 17.4 Å². The number of hydrogen-bond acceptors (Lipinski definition) is 2. The van der Waals surface area contributed by atoms with Crippen molar-refractivity contribution >= 4 is 17.5 Å². The summed E-state index contributed by atoms with van der Waals surface area (Å²) in [7, 11) is 0. The van der Waals surface area contributed by atoms with Crippen LogP contribution >= 0.6 is 0 Å². The number of nitrogens with one attached hydrogen (secondary N) is 1. The van der Waals surface area contributed by atoms with Crippen molar-refractivity contribution in [1.29, 1.82) is 0 Å². The first-order valence-corrected chi connectivity index (χ1v) is 6.04. The molecule has 18 heavy (non-hydrogen) atoms. The molecular weight excluding hydrogens is 228 g/mol. The molecule has 4 nitrogen and oxygen atoms in total. The molecular formula is C14H20N2O2. The predicted octanol–water partition coefficient (Wildman–Crippen LogP) is 1.95. The minimum Gasteiger partial charge on any atom is -0.343 e. The summed E-state index contributed by atoms with van der Waals surface area (Å²) < 4.78 is 0. The number of carbonyl (C=O) groups is 2. The summed E-state index contributed by atoms with van der Waals surface area (Å²) in [5.74, 6) is -1.10. The van der Waals surface area contributed by atoms with Crippen LogP contribution in [0.1, 0.15) is 27.7 Å². The standard InChI is InChI=1S/C14H20N2O2/c1-5-16(11-9-7-6-8-10-11)13(18)12(17)15-14(2,3)4/h6-10H,5H2,1-4H3,(H,15,17). The van der Waals surface area contributed by atoms with Crippen molar-refractivity contribution in [3.8, 4) is 0 Å². The van der Waals surface area contributed by atoms with E-state index in [1.54, 1.807) is 0 Å². The zero-order valence-electron chi connectivity index (χ0n) is 11.4. The lowest BCUT2D eigenvalue weighted by Gasteiger charge is -2.24. The van der Waals surface area contributed by atoms with E-state index in [0.717, 1.165) is 5.69 Å². The fourth-order valence-electron chi connectivity index (χ4n) is 1.57. The van der Waals surface area contributed by atoms with Gasteiger partial charge in [-0.1, -0.05) is 18.2 Å². The van der Waals surface area contributed by atoms with E-state index >= 15 is 0 Å². The average Bonchev–Trinajstić information content (AvgIpc) is 2.29. The van der Waals surface area contributed by atoms with Gasteiger partial charge in [0, 0.05) is 17.8 Å². The second-order valence-electron chi connectivity index (χ2n) is 5.09. The molecule has 0 unspecified atom stereocenters. The van der Waals surface area contributed by atoms with Crippen molar-refractivity contribution in [2.45, 2.75) is 33.2 Å². The van der Waals surface area contributed by atoms with Gasteiger partial charge < -0.3 is 10.2 Å². The highest BCUT2D eigenvalue weighted by Crippen LogP contribution is 2.13. The van der Waals surface area contributed by atoms with E-state index in [-0.39, 0.29) is 0 Å². The van der Waals surface area contributed by atoms with Gasteiger partial charge in [0.2, 0.25) is 0 Å². The molecule has 0 saturated heterocycles. The fraction of sp³-hybridized carbons (Fsp3) is 0.429. The summed E-state index contributed by atoms with van der Waals surface area (Å²) in [4.78, 5) is 25.4. The van der Waals surface area contributed by atoms with Gasteiger partial charge in [0.1, 0.15) is 0 Å². The molecule has 0 atom stereocenters. The van der Waals surface area contributed by atoms with Crippen LogP contribution in [0.25, 0.3) is 0 Å². The monoisotopic (exact) mass is 248 g/mol. The molecule has 1 N–H and O–H groups in total. The van der Waals surface area contributed by atoms with Gasteiger partial charge >= 0.3 is 11.8 Å². The molecule has 0 bridgehead atoms. The van der Waals surface area contributed by atoms with Crippen molar-refractivity contribution in [1.82, 2.24) is 5.32 Å². The first kappa shape index (κ1) is 14.2. The van der Waals surface area contributed by atoms with Gasteiger partial charge in [-0.2, -0.15) is 0 Å². The Bertz CT molecular complexity index is 421. The van der Waals surface area contributed by atoms with Crippen LogP contribution < -0.4 is 10.2 Å². The van der Waals surface area contributed by atoms with E-state index in [2.05, 4.69) is 5.32 Å². The molecule has 0 saturated carbocycles. The molecule has 4 heteroatoms. The number of para-hydroxylation sites is 1. The van der Waals surface area contributed by atoms with Crippen LogP contribution in [0, 0.1) is 0 Å². The van der Waals surface area contributed by atoms with Crippen molar-refractivity contribution in [3.05, 3.63) is 30.3 Å². The van der Waals surface area contributed by atoms with Gasteiger partial charge in [0.05, 0.1) is 0 Å². The number of likely N-dealkylation sites (N-methyl/N-ethyl adjacent to an activating group) is 1. The number of rotatable bonds is 2. The minimum atomic E-state index is -0.576. The largest absolute Gasteiger partial charge is 0.343 e. The van der Waals surface area contributed by atoms with Crippen LogP contribution in [0.4, 0.5) is 5.69 Å². The summed E-state index contributed by atoms with van der Waals surface area (Å²) in [5, 5.41) is 2.67. The third-order valence-corrected chi connectivity index (χ3v) is 2.31. The zero-order valence-corrected chi connectivity index (χ0v) is 11.4. The smallest absolute Gasteiger partial charge is 0.316 e. The molecule has 0 fully saturated rings. The molecule has 1 aromatic carbocycles. The van der Waals surface area contributed by atoms with Crippen LogP contribution in [0.2, 0.25) is 0 Å². The Morgan fingerprint density at radius 1 is 1.17 bits per heavy atom. The first-order valence-electron chi connectivity index (χ1n) is 6.04. The number of benzene rings is 1. The summed E-state index contributed by atoms with van der Waals surface area (Å²) in [6.45, 7) is 7.83. The molecule has 0 aromatic heterocycles. The zero-order chi connectivity index (χ0) is 13.8. The molecule has 0 aliphatic rings. The number of hydrogen-bond donors (Lipinski definition) is 1. The first-order chi connectivity index (χ1) is 8.35. The Morgan fingerprint density at radius 2 is 1.72 bits per heavy atom. The maximum absolute atomic E-state index is 12.1. The maximum Gasteiger partial charge on any atom is 0.316 e. The second-order valence-corrected chi connectivity index (χ2v) is 5.09. The highest BCUT2D eigenvalue weighted by molar-refractivity contribution is 6.40. The highest BCUT2D eigenvalue weighted by atomic mass is 16.2. The van der Waals surface area contributed by atoms with Gasteiger partial charge in [-0.3, -0.25) is 9.59 Å². The van der Waals surface area contributed by atoms with Gasteiger partial charge in [0.25, 0.3) is 0 Å². The van der Waals surface area contributed by atoms with Gasteiger partial charge in [0.15, 0.2) is 0 Å². The lowest BCUT2D eigenvalue weighted by atomic mass is 10.1. The topological polar surface area (TPSA) is 49.4 Å². The minimum absolute atomic E-state index is 0.414. The van der Waals surface area contributed by atoms with E-state index in [4.69, 9.17) is 0 Å². The van der Waals surface area contributed by atoms with E-state index in [1.165, 1.54) is 4.90 Å². The van der Waals surface area contributed by atoms with Gasteiger partial charge in [-0.25, -0.2) is 0 Å². The molecule has 0 aliphatic carbocycles. The number of anilines is 1.